The topological polar surface area (TPSA) is 8.29 Å². The molecule has 1 aromatic carbocycles. The summed E-state index contributed by atoms with van der Waals surface area (Å²) in [5.74, 6) is 0. The van der Waals surface area contributed by atoms with Gasteiger partial charge in [-0.05, 0) is 59.9 Å². The summed E-state index contributed by atoms with van der Waals surface area (Å²) < 4.78 is 4.44. The largest absolute Gasteiger partial charge is 0.323 e. The van der Waals surface area contributed by atoms with E-state index in [4.69, 9.17) is 0 Å². The van der Waals surface area contributed by atoms with Crippen LogP contribution in [-0.2, 0) is 13.5 Å². The molecule has 1 aliphatic carbocycles. The third kappa shape index (κ3) is 1.80. The molecule has 116 valence electrons. The first-order chi connectivity index (χ1) is 11.7. The van der Waals surface area contributed by atoms with E-state index in [1.165, 1.54) is 44.6 Å². The molecule has 1 aliphatic rings. The molecular formula is C22H19N2+. The number of nitrogens with zero attached hydrogens (tertiary/aromatic N) is 2. The standard InChI is InChI=1S/C22H19N2/c1-15-8-9-18-19(22(15)21-7-3-4-10-23(21)2)13-16-12-17-6-5-11-24(17)14-20(16)18/h3-12,14H,13H2,1-2H3/q+1. The number of fused-ring (bicyclic) bond motifs is 4. The zero-order valence-corrected chi connectivity index (χ0v) is 14.0. The zero-order chi connectivity index (χ0) is 16.3. The lowest BCUT2D eigenvalue weighted by Crippen LogP contribution is -2.30. The number of rotatable bonds is 1. The van der Waals surface area contributed by atoms with E-state index in [-0.39, 0.29) is 0 Å². The summed E-state index contributed by atoms with van der Waals surface area (Å²) in [4.78, 5) is 0. The van der Waals surface area contributed by atoms with Gasteiger partial charge in [-0.1, -0.05) is 12.1 Å². The molecule has 5 rings (SSSR count). The van der Waals surface area contributed by atoms with E-state index in [2.05, 4.69) is 90.1 Å². The molecule has 0 unspecified atom stereocenters. The molecular weight excluding hydrogens is 292 g/mol. The Hall–Kier alpha value is -2.87. The Bertz CT molecular complexity index is 1100. The fourth-order valence-corrected chi connectivity index (χ4v) is 4.04. The first-order valence-corrected chi connectivity index (χ1v) is 8.40. The van der Waals surface area contributed by atoms with Crippen molar-refractivity contribution in [3.8, 4) is 22.4 Å². The lowest BCUT2D eigenvalue weighted by atomic mass is 9.94. The Morgan fingerprint density at radius 1 is 1.00 bits per heavy atom. The van der Waals surface area contributed by atoms with Gasteiger partial charge >= 0.3 is 0 Å². The molecule has 2 heteroatoms. The molecule has 0 amide bonds. The van der Waals surface area contributed by atoms with Gasteiger partial charge in [-0.25, -0.2) is 4.57 Å². The maximum absolute atomic E-state index is 2.33. The van der Waals surface area contributed by atoms with Crippen LogP contribution in [0, 0.1) is 6.92 Å². The summed E-state index contributed by atoms with van der Waals surface area (Å²) in [6, 6.07) is 17.6. The van der Waals surface area contributed by atoms with Gasteiger partial charge in [0.2, 0.25) is 5.69 Å². The second kappa shape index (κ2) is 4.81. The lowest BCUT2D eigenvalue weighted by molar-refractivity contribution is -0.660. The van der Waals surface area contributed by atoms with E-state index >= 15 is 0 Å². The van der Waals surface area contributed by atoms with Gasteiger partial charge in [-0.3, -0.25) is 0 Å². The van der Waals surface area contributed by atoms with Crippen LogP contribution in [0.15, 0.2) is 67.1 Å². The van der Waals surface area contributed by atoms with Crippen LogP contribution >= 0.6 is 0 Å². The maximum Gasteiger partial charge on any atom is 0.212 e. The molecule has 0 atom stereocenters. The number of benzene rings is 1. The minimum atomic E-state index is 1.01. The van der Waals surface area contributed by atoms with E-state index in [9.17, 15) is 0 Å². The van der Waals surface area contributed by atoms with E-state index in [0.29, 0.717) is 0 Å². The van der Waals surface area contributed by atoms with Crippen molar-refractivity contribution >= 4 is 5.52 Å². The average Bonchev–Trinajstić information content (AvgIpc) is 3.17. The predicted molar refractivity (Wildman–Crippen MR) is 97.0 cm³/mol. The van der Waals surface area contributed by atoms with Crippen LogP contribution in [0.25, 0.3) is 27.9 Å². The van der Waals surface area contributed by atoms with Gasteiger partial charge in [-0.15, -0.1) is 0 Å². The monoisotopic (exact) mass is 311 g/mol. The molecule has 24 heavy (non-hydrogen) atoms. The molecule has 0 bridgehead atoms. The minimum Gasteiger partial charge on any atom is -0.323 e. The Morgan fingerprint density at radius 2 is 1.92 bits per heavy atom. The summed E-state index contributed by atoms with van der Waals surface area (Å²) in [6.07, 6.45) is 7.54. The summed E-state index contributed by atoms with van der Waals surface area (Å²) in [5.41, 5.74) is 10.9. The molecule has 3 aromatic heterocycles. The second-order valence-corrected chi connectivity index (χ2v) is 6.71. The third-order valence-corrected chi connectivity index (χ3v) is 5.24. The second-order valence-electron chi connectivity index (χ2n) is 6.71. The van der Waals surface area contributed by atoms with Crippen LogP contribution in [0.3, 0.4) is 0 Å². The van der Waals surface area contributed by atoms with Crippen LogP contribution in [0.4, 0.5) is 0 Å². The van der Waals surface area contributed by atoms with Gasteiger partial charge in [0.25, 0.3) is 0 Å². The molecule has 0 saturated heterocycles. The number of aryl methyl sites for hydroxylation is 2. The highest BCUT2D eigenvalue weighted by Crippen LogP contribution is 2.42. The lowest BCUT2D eigenvalue weighted by Gasteiger charge is -2.10. The van der Waals surface area contributed by atoms with Crippen molar-refractivity contribution in [1.82, 2.24) is 4.40 Å². The molecule has 0 N–H and O–H groups in total. The van der Waals surface area contributed by atoms with Crippen LogP contribution in [0.5, 0.6) is 0 Å². The molecule has 3 heterocycles. The van der Waals surface area contributed by atoms with Crippen molar-refractivity contribution in [2.75, 3.05) is 0 Å². The van der Waals surface area contributed by atoms with Crippen LogP contribution in [0.1, 0.15) is 16.7 Å². The van der Waals surface area contributed by atoms with Crippen molar-refractivity contribution in [2.24, 2.45) is 7.05 Å². The van der Waals surface area contributed by atoms with Crippen molar-refractivity contribution < 1.29 is 4.57 Å². The Morgan fingerprint density at radius 3 is 2.79 bits per heavy atom. The van der Waals surface area contributed by atoms with Crippen molar-refractivity contribution in [3.63, 3.8) is 0 Å². The number of aromatic nitrogens is 2. The molecule has 0 aliphatic heterocycles. The number of hydrogen-bond acceptors (Lipinski definition) is 0. The minimum absolute atomic E-state index is 1.01. The molecule has 0 fully saturated rings. The third-order valence-electron chi connectivity index (χ3n) is 5.24. The fourth-order valence-electron chi connectivity index (χ4n) is 4.04. The average molecular weight is 311 g/mol. The summed E-state index contributed by atoms with van der Waals surface area (Å²) >= 11 is 0. The van der Waals surface area contributed by atoms with E-state index in [1.54, 1.807) is 0 Å². The summed E-state index contributed by atoms with van der Waals surface area (Å²) in [7, 11) is 2.13. The van der Waals surface area contributed by atoms with Gasteiger partial charge in [-0.2, -0.15) is 0 Å². The van der Waals surface area contributed by atoms with Crippen molar-refractivity contribution in [1.29, 1.82) is 0 Å². The smallest absolute Gasteiger partial charge is 0.212 e. The molecule has 0 radical (unpaired) electrons. The van der Waals surface area contributed by atoms with Gasteiger partial charge < -0.3 is 4.40 Å². The van der Waals surface area contributed by atoms with Crippen molar-refractivity contribution in [2.45, 2.75) is 13.3 Å². The summed E-state index contributed by atoms with van der Waals surface area (Å²) in [6.45, 7) is 2.22. The van der Waals surface area contributed by atoms with Crippen molar-refractivity contribution in [3.05, 3.63) is 83.8 Å². The quantitative estimate of drug-likeness (QED) is 0.408. The van der Waals surface area contributed by atoms with Gasteiger partial charge in [0.05, 0.1) is 5.56 Å². The normalized spacial score (nSPS) is 12.4. The van der Waals surface area contributed by atoms with E-state index < -0.39 is 0 Å². The number of hydrogen-bond donors (Lipinski definition) is 0. The van der Waals surface area contributed by atoms with Gasteiger partial charge in [0.1, 0.15) is 7.05 Å². The Labute approximate surface area is 141 Å². The number of pyridine rings is 2. The highest BCUT2D eigenvalue weighted by atomic mass is 14.9. The van der Waals surface area contributed by atoms with Crippen LogP contribution < -0.4 is 4.57 Å². The van der Waals surface area contributed by atoms with Gasteiger partial charge in [0, 0.05) is 35.6 Å². The molecule has 4 aromatic rings. The highest BCUT2D eigenvalue weighted by molar-refractivity contribution is 5.85. The molecule has 0 saturated carbocycles. The molecule has 2 nitrogen and oxygen atoms in total. The first kappa shape index (κ1) is 13.6. The Balaban J connectivity index is 1.80. The highest BCUT2D eigenvalue weighted by Gasteiger charge is 2.26. The predicted octanol–water partition coefficient (Wildman–Crippen LogP) is 4.31. The van der Waals surface area contributed by atoms with E-state index in [0.717, 1.165) is 6.42 Å². The zero-order valence-electron chi connectivity index (χ0n) is 14.0. The first-order valence-electron chi connectivity index (χ1n) is 8.40. The SMILES string of the molecule is Cc1ccc2c(c1-c1cccc[n+]1C)Cc1cc3cccn3cc1-2. The molecule has 0 spiro atoms. The van der Waals surface area contributed by atoms with Gasteiger partial charge in [0.15, 0.2) is 6.20 Å². The fraction of sp³-hybridized carbons (Fsp3) is 0.136. The Kier molecular flexibility index (Phi) is 2.72. The van der Waals surface area contributed by atoms with Crippen LogP contribution in [0.2, 0.25) is 0 Å². The maximum atomic E-state index is 2.33. The van der Waals surface area contributed by atoms with E-state index in [1.807, 2.05) is 0 Å². The summed E-state index contributed by atoms with van der Waals surface area (Å²) in [5, 5.41) is 0. The van der Waals surface area contributed by atoms with Crippen LogP contribution in [-0.4, -0.2) is 4.40 Å².